The summed E-state index contributed by atoms with van der Waals surface area (Å²) in [6.07, 6.45) is 4.18. The van der Waals surface area contributed by atoms with Crippen LogP contribution in [0.2, 0.25) is 0 Å². The SMILES string of the molecule is CC(C)N(C)CCNC1CCN2CCCC12. The zero-order chi connectivity index (χ0) is 11.5. The van der Waals surface area contributed by atoms with Gasteiger partial charge in [0.25, 0.3) is 0 Å². The van der Waals surface area contributed by atoms with Crippen molar-refractivity contribution in [1.82, 2.24) is 15.1 Å². The highest BCUT2D eigenvalue weighted by Crippen LogP contribution is 2.27. The summed E-state index contributed by atoms with van der Waals surface area (Å²) < 4.78 is 0. The van der Waals surface area contributed by atoms with Crippen LogP contribution in [0.5, 0.6) is 0 Å². The Morgan fingerprint density at radius 3 is 2.88 bits per heavy atom. The molecule has 16 heavy (non-hydrogen) atoms. The van der Waals surface area contributed by atoms with Gasteiger partial charge in [0.2, 0.25) is 0 Å². The molecule has 2 unspecified atom stereocenters. The molecule has 2 heterocycles. The molecule has 2 aliphatic rings. The predicted molar refractivity (Wildman–Crippen MR) is 68.8 cm³/mol. The molecule has 2 atom stereocenters. The van der Waals surface area contributed by atoms with Crippen LogP contribution in [0.15, 0.2) is 0 Å². The molecule has 3 heteroatoms. The van der Waals surface area contributed by atoms with Gasteiger partial charge in [-0.2, -0.15) is 0 Å². The molecule has 0 aromatic carbocycles. The Morgan fingerprint density at radius 1 is 1.31 bits per heavy atom. The van der Waals surface area contributed by atoms with Crippen molar-refractivity contribution in [3.05, 3.63) is 0 Å². The van der Waals surface area contributed by atoms with Gasteiger partial charge in [0.1, 0.15) is 0 Å². The van der Waals surface area contributed by atoms with Crippen LogP contribution in [0.25, 0.3) is 0 Å². The Bertz CT molecular complexity index is 217. The molecular formula is C13H27N3. The number of nitrogens with zero attached hydrogens (tertiary/aromatic N) is 2. The Hall–Kier alpha value is -0.120. The molecule has 0 aliphatic carbocycles. The maximum absolute atomic E-state index is 3.76. The monoisotopic (exact) mass is 225 g/mol. The first-order valence-corrected chi connectivity index (χ1v) is 6.86. The zero-order valence-electron chi connectivity index (χ0n) is 11.1. The second kappa shape index (κ2) is 5.48. The molecule has 0 spiro atoms. The maximum atomic E-state index is 3.76. The minimum atomic E-state index is 0.661. The number of nitrogens with one attached hydrogen (secondary N) is 1. The van der Waals surface area contributed by atoms with Gasteiger partial charge in [0, 0.05) is 37.8 Å². The molecule has 0 aromatic heterocycles. The Kier molecular flexibility index (Phi) is 4.22. The standard InChI is InChI=1S/C13H27N3/c1-11(2)15(3)10-7-14-12-6-9-16-8-4-5-13(12)16/h11-14H,4-10H2,1-3H3. The van der Waals surface area contributed by atoms with E-state index in [2.05, 4.69) is 36.0 Å². The number of fused-ring (bicyclic) bond motifs is 1. The minimum absolute atomic E-state index is 0.661. The summed E-state index contributed by atoms with van der Waals surface area (Å²) in [5.41, 5.74) is 0. The van der Waals surface area contributed by atoms with Crippen LogP contribution in [0.3, 0.4) is 0 Å². The lowest BCUT2D eigenvalue weighted by molar-refractivity contribution is 0.258. The summed E-state index contributed by atoms with van der Waals surface area (Å²) in [6, 6.07) is 2.28. The molecule has 2 rings (SSSR count). The van der Waals surface area contributed by atoms with Crippen LogP contribution in [0, 0.1) is 0 Å². The lowest BCUT2D eigenvalue weighted by atomic mass is 10.1. The maximum Gasteiger partial charge on any atom is 0.0250 e. The molecule has 2 aliphatic heterocycles. The Morgan fingerprint density at radius 2 is 2.12 bits per heavy atom. The molecule has 0 saturated carbocycles. The molecule has 94 valence electrons. The van der Waals surface area contributed by atoms with Crippen molar-refractivity contribution < 1.29 is 0 Å². The van der Waals surface area contributed by atoms with Crippen LogP contribution >= 0.6 is 0 Å². The molecule has 0 bridgehead atoms. The van der Waals surface area contributed by atoms with Gasteiger partial charge >= 0.3 is 0 Å². The van der Waals surface area contributed by atoms with Gasteiger partial charge in [0.05, 0.1) is 0 Å². The molecule has 2 fully saturated rings. The highest BCUT2D eigenvalue weighted by Gasteiger charge is 2.36. The van der Waals surface area contributed by atoms with Gasteiger partial charge in [-0.3, -0.25) is 4.90 Å². The second-order valence-electron chi connectivity index (χ2n) is 5.67. The van der Waals surface area contributed by atoms with Crippen LogP contribution in [0.4, 0.5) is 0 Å². The zero-order valence-corrected chi connectivity index (χ0v) is 11.1. The fourth-order valence-electron chi connectivity index (χ4n) is 3.01. The van der Waals surface area contributed by atoms with E-state index in [4.69, 9.17) is 0 Å². The third-order valence-electron chi connectivity index (χ3n) is 4.36. The summed E-state index contributed by atoms with van der Waals surface area (Å²) in [4.78, 5) is 5.08. The van der Waals surface area contributed by atoms with E-state index in [0.29, 0.717) is 6.04 Å². The van der Waals surface area contributed by atoms with E-state index in [1.165, 1.54) is 38.9 Å². The normalized spacial score (nSPS) is 30.6. The average Bonchev–Trinajstić information content (AvgIpc) is 2.81. The van der Waals surface area contributed by atoms with E-state index >= 15 is 0 Å². The molecule has 3 nitrogen and oxygen atoms in total. The van der Waals surface area contributed by atoms with Crippen LogP contribution < -0.4 is 5.32 Å². The van der Waals surface area contributed by atoms with E-state index < -0.39 is 0 Å². The Labute approximate surface area is 100 Å². The van der Waals surface area contributed by atoms with E-state index in [1.54, 1.807) is 0 Å². The van der Waals surface area contributed by atoms with Crippen molar-refractivity contribution in [2.45, 2.75) is 51.2 Å². The summed E-state index contributed by atoms with van der Waals surface area (Å²) in [5.74, 6) is 0. The lowest BCUT2D eigenvalue weighted by Crippen LogP contribution is -2.43. The van der Waals surface area contributed by atoms with Crippen molar-refractivity contribution in [2.75, 3.05) is 33.2 Å². The largest absolute Gasteiger partial charge is 0.311 e. The van der Waals surface area contributed by atoms with E-state index in [0.717, 1.165) is 18.6 Å². The third kappa shape index (κ3) is 2.76. The first kappa shape index (κ1) is 12.3. The summed E-state index contributed by atoms with van der Waals surface area (Å²) in [7, 11) is 2.21. The van der Waals surface area contributed by atoms with Crippen LogP contribution in [-0.2, 0) is 0 Å². The van der Waals surface area contributed by atoms with E-state index in [1.807, 2.05) is 0 Å². The quantitative estimate of drug-likeness (QED) is 0.757. The summed E-state index contributed by atoms with van der Waals surface area (Å²) in [6.45, 7) is 9.49. The van der Waals surface area contributed by atoms with Gasteiger partial charge in [-0.25, -0.2) is 0 Å². The van der Waals surface area contributed by atoms with Gasteiger partial charge in [0.15, 0.2) is 0 Å². The van der Waals surface area contributed by atoms with E-state index in [-0.39, 0.29) is 0 Å². The molecule has 0 aromatic rings. The van der Waals surface area contributed by atoms with Gasteiger partial charge < -0.3 is 10.2 Å². The third-order valence-corrected chi connectivity index (χ3v) is 4.36. The predicted octanol–water partition coefficient (Wildman–Crippen LogP) is 1.15. The molecule has 1 N–H and O–H groups in total. The first-order chi connectivity index (χ1) is 7.68. The van der Waals surface area contributed by atoms with Crippen LogP contribution in [-0.4, -0.2) is 61.2 Å². The summed E-state index contributed by atoms with van der Waals surface area (Å²) in [5, 5.41) is 3.76. The van der Waals surface area contributed by atoms with Crippen molar-refractivity contribution in [3.8, 4) is 0 Å². The lowest BCUT2D eigenvalue weighted by Gasteiger charge is -2.25. The minimum Gasteiger partial charge on any atom is -0.311 e. The van der Waals surface area contributed by atoms with Gasteiger partial charge in [-0.05, 0) is 46.7 Å². The number of likely N-dealkylation sites (N-methyl/N-ethyl adjacent to an activating group) is 1. The molecule has 0 amide bonds. The number of hydrogen-bond acceptors (Lipinski definition) is 3. The van der Waals surface area contributed by atoms with Crippen molar-refractivity contribution in [2.24, 2.45) is 0 Å². The van der Waals surface area contributed by atoms with Gasteiger partial charge in [-0.15, -0.1) is 0 Å². The smallest absolute Gasteiger partial charge is 0.0250 e. The molecular weight excluding hydrogens is 198 g/mol. The highest BCUT2D eigenvalue weighted by atomic mass is 15.2. The van der Waals surface area contributed by atoms with Crippen molar-refractivity contribution >= 4 is 0 Å². The van der Waals surface area contributed by atoms with Crippen molar-refractivity contribution in [1.29, 1.82) is 0 Å². The van der Waals surface area contributed by atoms with Crippen LogP contribution in [0.1, 0.15) is 33.1 Å². The number of rotatable bonds is 5. The topological polar surface area (TPSA) is 18.5 Å². The summed E-state index contributed by atoms with van der Waals surface area (Å²) >= 11 is 0. The van der Waals surface area contributed by atoms with Crippen molar-refractivity contribution in [3.63, 3.8) is 0 Å². The highest BCUT2D eigenvalue weighted by molar-refractivity contribution is 4.95. The fourth-order valence-corrected chi connectivity index (χ4v) is 3.01. The second-order valence-corrected chi connectivity index (χ2v) is 5.67. The average molecular weight is 225 g/mol. The Balaban J connectivity index is 1.67. The first-order valence-electron chi connectivity index (χ1n) is 6.86. The van der Waals surface area contributed by atoms with Gasteiger partial charge in [-0.1, -0.05) is 0 Å². The fraction of sp³-hybridized carbons (Fsp3) is 1.00. The molecule has 0 radical (unpaired) electrons. The van der Waals surface area contributed by atoms with E-state index in [9.17, 15) is 0 Å². The number of hydrogen-bond donors (Lipinski definition) is 1. The molecule has 2 saturated heterocycles.